The molecule has 0 radical (unpaired) electrons. The van der Waals surface area contributed by atoms with Crippen LogP contribution in [0, 0.1) is 0 Å². The van der Waals surface area contributed by atoms with Gasteiger partial charge in [0.1, 0.15) is 17.7 Å². The molecule has 0 bridgehead atoms. The Labute approximate surface area is 212 Å². The van der Waals surface area contributed by atoms with Crippen molar-refractivity contribution >= 4 is 23.8 Å². The van der Waals surface area contributed by atoms with Gasteiger partial charge in [0.25, 0.3) is 0 Å². The second-order valence-electron chi connectivity index (χ2n) is 9.73. The first kappa shape index (κ1) is 28.4. The molecule has 2 atom stereocenters. The van der Waals surface area contributed by atoms with E-state index in [1.165, 1.54) is 4.90 Å². The molecule has 0 aliphatic rings. The Bertz CT molecular complexity index is 1040. The zero-order valence-corrected chi connectivity index (χ0v) is 21.5. The standard InChI is InChI=1S/C27H36N4O5/c1-18(2)31(25(34)21(16-22(28)32)30-26(35)36-27(3,4)5)23(20-14-10-7-11-15-20)24(33)29-17-19-12-8-6-9-13-19/h6-15,18,21,23H,16-17H2,1-5H3,(H2,28,32)(H,29,33)(H,30,35). The number of hydrogen-bond acceptors (Lipinski definition) is 5. The monoisotopic (exact) mass is 496 g/mol. The summed E-state index contributed by atoms with van der Waals surface area (Å²) in [5.41, 5.74) is 6.06. The maximum atomic E-state index is 13.8. The third kappa shape index (κ3) is 8.72. The molecule has 4 N–H and O–H groups in total. The van der Waals surface area contributed by atoms with Gasteiger partial charge in [0, 0.05) is 12.6 Å². The molecule has 0 saturated heterocycles. The smallest absolute Gasteiger partial charge is 0.408 e. The number of nitrogens with two attached hydrogens (primary N) is 1. The summed E-state index contributed by atoms with van der Waals surface area (Å²) >= 11 is 0. The highest BCUT2D eigenvalue weighted by Crippen LogP contribution is 2.25. The van der Waals surface area contributed by atoms with Crippen molar-refractivity contribution in [2.75, 3.05) is 0 Å². The maximum absolute atomic E-state index is 13.8. The predicted octanol–water partition coefficient (Wildman–Crippen LogP) is 3.05. The number of hydrogen-bond donors (Lipinski definition) is 3. The van der Waals surface area contributed by atoms with Gasteiger partial charge in [0.2, 0.25) is 17.7 Å². The lowest BCUT2D eigenvalue weighted by molar-refractivity contribution is -0.145. The average molecular weight is 497 g/mol. The van der Waals surface area contributed by atoms with Gasteiger partial charge in [-0.25, -0.2) is 4.79 Å². The summed E-state index contributed by atoms with van der Waals surface area (Å²) in [5.74, 6) is -1.81. The van der Waals surface area contributed by atoms with Crippen LogP contribution in [0.5, 0.6) is 0 Å². The molecule has 9 nitrogen and oxygen atoms in total. The predicted molar refractivity (Wildman–Crippen MR) is 136 cm³/mol. The molecule has 0 saturated carbocycles. The van der Waals surface area contributed by atoms with E-state index >= 15 is 0 Å². The number of alkyl carbamates (subject to hydrolysis) is 1. The van der Waals surface area contributed by atoms with Gasteiger partial charge in [-0.05, 0) is 45.7 Å². The molecular formula is C27H36N4O5. The summed E-state index contributed by atoms with van der Waals surface area (Å²) in [7, 11) is 0. The fourth-order valence-electron chi connectivity index (χ4n) is 3.67. The van der Waals surface area contributed by atoms with Crippen LogP contribution in [-0.2, 0) is 25.7 Å². The summed E-state index contributed by atoms with van der Waals surface area (Å²) < 4.78 is 5.27. The Morgan fingerprint density at radius 2 is 1.50 bits per heavy atom. The summed E-state index contributed by atoms with van der Waals surface area (Å²) in [6.45, 7) is 8.82. The number of ether oxygens (including phenoxy) is 1. The van der Waals surface area contributed by atoms with Crippen LogP contribution in [0.1, 0.15) is 58.2 Å². The lowest BCUT2D eigenvalue weighted by atomic mass is 10.0. The third-order valence-electron chi connectivity index (χ3n) is 5.16. The van der Waals surface area contributed by atoms with E-state index in [0.717, 1.165) is 5.56 Å². The number of amides is 4. The first-order chi connectivity index (χ1) is 16.9. The minimum Gasteiger partial charge on any atom is -0.444 e. The molecule has 0 heterocycles. The van der Waals surface area contributed by atoms with Gasteiger partial charge < -0.3 is 26.0 Å². The van der Waals surface area contributed by atoms with Gasteiger partial charge in [0.05, 0.1) is 6.42 Å². The van der Waals surface area contributed by atoms with Crippen LogP contribution in [0.3, 0.4) is 0 Å². The molecule has 0 fully saturated rings. The highest BCUT2D eigenvalue weighted by atomic mass is 16.6. The Morgan fingerprint density at radius 3 is 2.00 bits per heavy atom. The van der Waals surface area contributed by atoms with E-state index in [0.29, 0.717) is 5.56 Å². The van der Waals surface area contributed by atoms with Gasteiger partial charge >= 0.3 is 6.09 Å². The molecule has 2 aromatic carbocycles. The number of nitrogens with zero attached hydrogens (tertiary/aromatic N) is 1. The normalized spacial score (nSPS) is 12.8. The van der Waals surface area contributed by atoms with Gasteiger partial charge in [-0.2, -0.15) is 0 Å². The van der Waals surface area contributed by atoms with Crippen molar-refractivity contribution in [1.29, 1.82) is 0 Å². The van der Waals surface area contributed by atoms with E-state index in [9.17, 15) is 19.2 Å². The van der Waals surface area contributed by atoms with Crippen molar-refractivity contribution in [1.82, 2.24) is 15.5 Å². The van der Waals surface area contributed by atoms with E-state index in [-0.39, 0.29) is 6.54 Å². The maximum Gasteiger partial charge on any atom is 0.408 e. The summed E-state index contributed by atoms with van der Waals surface area (Å²) in [6.07, 6.45) is -1.32. The second-order valence-corrected chi connectivity index (χ2v) is 9.73. The minimum absolute atomic E-state index is 0.268. The van der Waals surface area contributed by atoms with E-state index in [1.54, 1.807) is 58.9 Å². The van der Waals surface area contributed by atoms with Crippen molar-refractivity contribution < 1.29 is 23.9 Å². The molecular weight excluding hydrogens is 460 g/mol. The van der Waals surface area contributed by atoms with Crippen molar-refractivity contribution in [3.05, 3.63) is 71.8 Å². The first-order valence-electron chi connectivity index (χ1n) is 11.9. The molecule has 2 rings (SSSR count). The second kappa shape index (κ2) is 12.7. The van der Waals surface area contributed by atoms with Crippen LogP contribution in [0.15, 0.2) is 60.7 Å². The third-order valence-corrected chi connectivity index (χ3v) is 5.16. The summed E-state index contributed by atoms with van der Waals surface area (Å²) in [5, 5.41) is 5.36. The van der Waals surface area contributed by atoms with Crippen LogP contribution in [-0.4, -0.2) is 46.4 Å². The number of primary amides is 1. The van der Waals surface area contributed by atoms with Crippen LogP contribution in [0.4, 0.5) is 4.79 Å². The highest BCUT2D eigenvalue weighted by molar-refractivity contribution is 5.94. The molecule has 4 amide bonds. The fraction of sp³-hybridized carbons (Fsp3) is 0.407. The van der Waals surface area contributed by atoms with Crippen LogP contribution in [0.25, 0.3) is 0 Å². The molecule has 0 spiro atoms. The quantitative estimate of drug-likeness (QED) is 0.465. The molecule has 0 aliphatic heterocycles. The Hall–Kier alpha value is -3.88. The first-order valence-corrected chi connectivity index (χ1v) is 11.9. The topological polar surface area (TPSA) is 131 Å². The minimum atomic E-state index is -1.31. The number of carbonyl (C=O) groups is 4. The Kier molecular flexibility index (Phi) is 10.0. The largest absolute Gasteiger partial charge is 0.444 e. The number of carbonyl (C=O) groups excluding carboxylic acids is 4. The SMILES string of the molecule is CC(C)N(C(=O)C(CC(N)=O)NC(=O)OC(C)(C)C)C(C(=O)NCc1ccccc1)c1ccccc1. The van der Waals surface area contributed by atoms with E-state index in [4.69, 9.17) is 10.5 Å². The van der Waals surface area contributed by atoms with E-state index in [1.807, 2.05) is 36.4 Å². The molecule has 9 heteroatoms. The van der Waals surface area contributed by atoms with Crippen LogP contribution in [0.2, 0.25) is 0 Å². The van der Waals surface area contributed by atoms with Crippen LogP contribution < -0.4 is 16.4 Å². The van der Waals surface area contributed by atoms with Crippen molar-refractivity contribution in [2.45, 2.75) is 71.3 Å². The highest BCUT2D eigenvalue weighted by Gasteiger charge is 2.38. The molecule has 0 aromatic heterocycles. The van der Waals surface area contributed by atoms with Crippen molar-refractivity contribution in [3.8, 4) is 0 Å². The molecule has 2 unspecified atom stereocenters. The van der Waals surface area contributed by atoms with Gasteiger partial charge in [-0.15, -0.1) is 0 Å². The van der Waals surface area contributed by atoms with Gasteiger partial charge in [-0.1, -0.05) is 60.7 Å². The van der Waals surface area contributed by atoms with Crippen LogP contribution >= 0.6 is 0 Å². The Balaban J connectivity index is 2.40. The summed E-state index contributed by atoms with van der Waals surface area (Å²) in [4.78, 5) is 52.9. The van der Waals surface area contributed by atoms with Crippen molar-refractivity contribution in [2.24, 2.45) is 5.73 Å². The molecule has 36 heavy (non-hydrogen) atoms. The van der Waals surface area contributed by atoms with E-state index in [2.05, 4.69) is 10.6 Å². The number of nitrogens with one attached hydrogen (secondary N) is 2. The average Bonchev–Trinajstić information content (AvgIpc) is 2.79. The number of benzene rings is 2. The lowest BCUT2D eigenvalue weighted by Gasteiger charge is -2.37. The lowest BCUT2D eigenvalue weighted by Crippen LogP contribution is -2.55. The van der Waals surface area contributed by atoms with Gasteiger partial charge in [-0.3, -0.25) is 14.4 Å². The zero-order chi connectivity index (χ0) is 26.9. The molecule has 194 valence electrons. The molecule has 2 aromatic rings. The Morgan fingerprint density at radius 1 is 0.944 bits per heavy atom. The van der Waals surface area contributed by atoms with E-state index < -0.39 is 54.0 Å². The number of rotatable bonds is 10. The summed E-state index contributed by atoms with van der Waals surface area (Å²) in [6, 6.07) is 15.5. The van der Waals surface area contributed by atoms with Gasteiger partial charge in [0.15, 0.2) is 0 Å². The molecule has 0 aliphatic carbocycles. The fourth-order valence-corrected chi connectivity index (χ4v) is 3.67. The van der Waals surface area contributed by atoms with Crippen molar-refractivity contribution in [3.63, 3.8) is 0 Å². The zero-order valence-electron chi connectivity index (χ0n) is 21.5.